The van der Waals surface area contributed by atoms with Gasteiger partial charge >= 0.3 is 5.69 Å². The first-order valence-corrected chi connectivity index (χ1v) is 7.87. The molecule has 0 spiro atoms. The summed E-state index contributed by atoms with van der Waals surface area (Å²) < 4.78 is 31.6. The predicted molar refractivity (Wildman–Crippen MR) is 76.3 cm³/mol. The second-order valence-electron chi connectivity index (χ2n) is 4.79. The van der Waals surface area contributed by atoms with Gasteiger partial charge in [0.2, 0.25) is 10.0 Å². The van der Waals surface area contributed by atoms with E-state index >= 15 is 0 Å². The number of benzene rings is 1. The summed E-state index contributed by atoms with van der Waals surface area (Å²) in [6.45, 7) is 0.541. The average Bonchev–Trinajstić information content (AvgIpc) is 2.46. The van der Waals surface area contributed by atoms with E-state index < -0.39 is 20.6 Å². The van der Waals surface area contributed by atoms with E-state index in [1.165, 1.54) is 22.5 Å². The van der Waals surface area contributed by atoms with Crippen LogP contribution in [0, 0.1) is 10.1 Å². The van der Waals surface area contributed by atoms with Crippen LogP contribution in [0.15, 0.2) is 23.1 Å². The molecule has 0 bridgehead atoms. The molecule has 8 nitrogen and oxygen atoms in total. The van der Waals surface area contributed by atoms with E-state index in [0.717, 1.165) is 0 Å². The van der Waals surface area contributed by atoms with Crippen LogP contribution in [-0.2, 0) is 14.8 Å². The number of para-hydroxylation sites is 1. The number of anilines is 1. The van der Waals surface area contributed by atoms with Crippen LogP contribution < -0.4 is 5.73 Å². The van der Waals surface area contributed by atoms with Gasteiger partial charge in [-0.2, -0.15) is 4.31 Å². The molecule has 0 saturated carbocycles. The molecule has 116 valence electrons. The lowest BCUT2D eigenvalue weighted by atomic mass is 10.1. The van der Waals surface area contributed by atoms with Crippen LogP contribution in [0.2, 0.25) is 0 Å². The van der Waals surface area contributed by atoms with Crippen molar-refractivity contribution in [1.82, 2.24) is 4.31 Å². The zero-order valence-corrected chi connectivity index (χ0v) is 12.4. The number of nitrogens with zero attached hydrogens (tertiary/aromatic N) is 2. The van der Waals surface area contributed by atoms with Gasteiger partial charge in [0.15, 0.2) is 4.90 Å². The average molecular weight is 315 g/mol. The molecule has 0 aromatic heterocycles. The molecule has 1 aromatic carbocycles. The number of nitrogens with two attached hydrogens (primary N) is 1. The molecule has 2 rings (SSSR count). The third-order valence-electron chi connectivity index (χ3n) is 3.56. The van der Waals surface area contributed by atoms with Crippen molar-refractivity contribution in [3.8, 4) is 0 Å². The highest BCUT2D eigenvalue weighted by Crippen LogP contribution is 2.32. The molecule has 0 amide bonds. The third kappa shape index (κ3) is 2.99. The molecule has 21 heavy (non-hydrogen) atoms. The number of methoxy groups -OCH3 is 1. The molecule has 1 heterocycles. The standard InChI is InChI=1S/C12H17N3O5S/c1-20-9-5-7-14(8-6-9)21(18,19)11-4-2-3-10(13)12(11)15(16)17/h2-4,9H,5-8,13H2,1H3. The van der Waals surface area contributed by atoms with Crippen molar-refractivity contribution < 1.29 is 18.1 Å². The van der Waals surface area contributed by atoms with Gasteiger partial charge < -0.3 is 10.5 Å². The second-order valence-corrected chi connectivity index (χ2v) is 6.70. The molecule has 0 aliphatic carbocycles. The van der Waals surface area contributed by atoms with E-state index in [4.69, 9.17) is 10.5 Å². The Bertz CT molecular complexity index is 638. The van der Waals surface area contributed by atoms with Gasteiger partial charge in [-0.15, -0.1) is 0 Å². The van der Waals surface area contributed by atoms with Crippen LogP contribution in [0.4, 0.5) is 11.4 Å². The van der Waals surface area contributed by atoms with E-state index in [1.807, 2.05) is 0 Å². The van der Waals surface area contributed by atoms with Gasteiger partial charge in [0, 0.05) is 20.2 Å². The summed E-state index contributed by atoms with van der Waals surface area (Å²) in [4.78, 5) is 9.98. The Morgan fingerprint density at radius 1 is 1.38 bits per heavy atom. The molecule has 1 fully saturated rings. The second kappa shape index (κ2) is 5.96. The Hall–Kier alpha value is -1.71. The van der Waals surface area contributed by atoms with Crippen LogP contribution in [0.3, 0.4) is 0 Å². The van der Waals surface area contributed by atoms with Gasteiger partial charge in [0.25, 0.3) is 0 Å². The van der Waals surface area contributed by atoms with Gasteiger partial charge in [0.1, 0.15) is 5.69 Å². The molecule has 1 saturated heterocycles. The van der Waals surface area contributed by atoms with E-state index in [2.05, 4.69) is 0 Å². The lowest BCUT2D eigenvalue weighted by molar-refractivity contribution is -0.386. The first kappa shape index (κ1) is 15.7. The maximum Gasteiger partial charge on any atom is 0.312 e. The van der Waals surface area contributed by atoms with Crippen LogP contribution >= 0.6 is 0 Å². The Kier molecular flexibility index (Phi) is 4.45. The summed E-state index contributed by atoms with van der Waals surface area (Å²) in [5, 5.41) is 11.1. The molecule has 9 heteroatoms. The number of hydrogen-bond acceptors (Lipinski definition) is 6. The van der Waals surface area contributed by atoms with E-state index in [9.17, 15) is 18.5 Å². The van der Waals surface area contributed by atoms with E-state index in [-0.39, 0.29) is 29.8 Å². The summed E-state index contributed by atoms with van der Waals surface area (Å²) in [7, 11) is -2.35. The summed E-state index contributed by atoms with van der Waals surface area (Å²) in [6.07, 6.45) is 1.14. The smallest absolute Gasteiger partial charge is 0.312 e. The lowest BCUT2D eigenvalue weighted by Crippen LogP contribution is -2.40. The number of nitro benzene ring substituents is 1. The molecule has 1 aliphatic rings. The van der Waals surface area contributed by atoms with Crippen molar-refractivity contribution in [3.05, 3.63) is 28.3 Å². The summed E-state index contributed by atoms with van der Waals surface area (Å²) >= 11 is 0. The van der Waals surface area contributed by atoms with Gasteiger partial charge in [-0.25, -0.2) is 8.42 Å². The molecular formula is C12H17N3O5S. The summed E-state index contributed by atoms with van der Waals surface area (Å²) in [6, 6.07) is 3.93. The molecule has 0 atom stereocenters. The fourth-order valence-corrected chi connectivity index (χ4v) is 4.05. The Balaban J connectivity index is 2.37. The van der Waals surface area contributed by atoms with E-state index in [0.29, 0.717) is 12.8 Å². The van der Waals surface area contributed by atoms with Crippen LogP contribution in [0.5, 0.6) is 0 Å². The van der Waals surface area contributed by atoms with E-state index in [1.54, 1.807) is 7.11 Å². The Labute approximate surface area is 122 Å². The van der Waals surface area contributed by atoms with Crippen LogP contribution in [0.25, 0.3) is 0 Å². The SMILES string of the molecule is COC1CCN(S(=O)(=O)c2cccc(N)c2[N+](=O)[O-])CC1. The lowest BCUT2D eigenvalue weighted by Gasteiger charge is -2.30. The predicted octanol–water partition coefficient (Wildman–Crippen LogP) is 0.977. The fraction of sp³-hybridized carbons (Fsp3) is 0.500. The molecule has 2 N–H and O–H groups in total. The number of piperidine rings is 1. The number of hydrogen-bond donors (Lipinski definition) is 1. The third-order valence-corrected chi connectivity index (χ3v) is 5.50. The van der Waals surface area contributed by atoms with Crippen LogP contribution in [-0.4, -0.2) is 43.9 Å². The summed E-state index contributed by atoms with van der Waals surface area (Å²) in [5.41, 5.74) is 4.82. The van der Waals surface area contributed by atoms with Gasteiger partial charge in [-0.05, 0) is 25.0 Å². The van der Waals surface area contributed by atoms with Crippen molar-refractivity contribution in [2.45, 2.75) is 23.8 Å². The topological polar surface area (TPSA) is 116 Å². The number of nitrogen functional groups attached to an aromatic ring is 1. The maximum absolute atomic E-state index is 12.6. The fourth-order valence-electron chi connectivity index (χ4n) is 2.39. The van der Waals surface area contributed by atoms with Gasteiger partial charge in [-0.1, -0.05) is 6.07 Å². The zero-order valence-electron chi connectivity index (χ0n) is 11.6. The number of sulfonamides is 1. The minimum atomic E-state index is -3.94. The highest BCUT2D eigenvalue weighted by atomic mass is 32.2. The monoisotopic (exact) mass is 315 g/mol. The molecule has 1 aromatic rings. The summed E-state index contributed by atoms with van der Waals surface area (Å²) in [5.74, 6) is 0. The molecular weight excluding hydrogens is 298 g/mol. The first-order valence-electron chi connectivity index (χ1n) is 6.43. The zero-order chi connectivity index (χ0) is 15.6. The van der Waals surface area contributed by atoms with Crippen molar-refractivity contribution >= 4 is 21.4 Å². The maximum atomic E-state index is 12.6. The van der Waals surface area contributed by atoms with Crippen molar-refractivity contribution in [1.29, 1.82) is 0 Å². The van der Waals surface area contributed by atoms with Gasteiger partial charge in [0.05, 0.1) is 11.0 Å². The Morgan fingerprint density at radius 2 is 2.00 bits per heavy atom. The van der Waals surface area contributed by atoms with Crippen molar-refractivity contribution in [3.63, 3.8) is 0 Å². The van der Waals surface area contributed by atoms with Crippen molar-refractivity contribution in [2.24, 2.45) is 0 Å². The quantitative estimate of drug-likeness (QED) is 0.503. The molecule has 0 unspecified atom stereocenters. The highest BCUT2D eigenvalue weighted by molar-refractivity contribution is 7.89. The normalized spacial score (nSPS) is 17.8. The number of nitro groups is 1. The number of rotatable bonds is 4. The highest BCUT2D eigenvalue weighted by Gasteiger charge is 2.35. The van der Waals surface area contributed by atoms with Crippen LogP contribution in [0.1, 0.15) is 12.8 Å². The minimum absolute atomic E-state index is 0.0206. The molecule has 1 aliphatic heterocycles. The minimum Gasteiger partial charge on any atom is -0.393 e. The molecule has 0 radical (unpaired) electrons. The first-order chi connectivity index (χ1) is 9.87. The Morgan fingerprint density at radius 3 is 2.52 bits per heavy atom. The largest absolute Gasteiger partial charge is 0.393 e. The number of ether oxygens (including phenoxy) is 1. The van der Waals surface area contributed by atoms with Crippen molar-refractivity contribution in [2.75, 3.05) is 25.9 Å². The van der Waals surface area contributed by atoms with Gasteiger partial charge in [-0.3, -0.25) is 10.1 Å².